The molecule has 25 heavy (non-hydrogen) atoms. The molecular formula is C16H21N3O5S. The van der Waals surface area contributed by atoms with Crippen LogP contribution in [0.2, 0.25) is 0 Å². The van der Waals surface area contributed by atoms with Crippen molar-refractivity contribution in [1.29, 1.82) is 0 Å². The number of aryl methyl sites for hydroxylation is 1. The lowest BCUT2D eigenvalue weighted by atomic mass is 10.2. The molecule has 1 fully saturated rings. The maximum absolute atomic E-state index is 12.1. The van der Waals surface area contributed by atoms with Gasteiger partial charge in [0, 0.05) is 31.0 Å². The number of nitrogens with one attached hydrogen (secondary N) is 1. The summed E-state index contributed by atoms with van der Waals surface area (Å²) in [5, 5.41) is 2.21. The van der Waals surface area contributed by atoms with Gasteiger partial charge in [-0.25, -0.2) is 4.79 Å². The number of hydrogen-bond donors (Lipinski definition) is 1. The second-order valence-electron chi connectivity index (χ2n) is 5.56. The molecule has 0 saturated carbocycles. The zero-order valence-electron chi connectivity index (χ0n) is 14.5. The van der Waals surface area contributed by atoms with Gasteiger partial charge in [0.1, 0.15) is 0 Å². The molecule has 0 bridgehead atoms. The van der Waals surface area contributed by atoms with Crippen LogP contribution in [0.5, 0.6) is 0 Å². The Morgan fingerprint density at radius 1 is 1.32 bits per heavy atom. The van der Waals surface area contributed by atoms with Crippen LogP contribution in [-0.4, -0.2) is 57.9 Å². The molecule has 0 radical (unpaired) electrons. The molecule has 0 unspecified atom stereocenters. The Morgan fingerprint density at radius 2 is 2.04 bits per heavy atom. The lowest BCUT2D eigenvalue weighted by Crippen LogP contribution is -2.38. The van der Waals surface area contributed by atoms with Crippen LogP contribution in [-0.2, 0) is 20.9 Å². The summed E-state index contributed by atoms with van der Waals surface area (Å²) in [4.78, 5) is 47.8. The summed E-state index contributed by atoms with van der Waals surface area (Å²) in [6.45, 7) is 6.29. The normalized spacial score (nSPS) is 14.1. The number of esters is 1. The van der Waals surface area contributed by atoms with E-state index in [1.165, 1.54) is 0 Å². The van der Waals surface area contributed by atoms with Crippen LogP contribution in [0.4, 0.5) is 4.79 Å². The zero-order chi connectivity index (χ0) is 18.6. The van der Waals surface area contributed by atoms with Gasteiger partial charge in [-0.05, 0) is 26.8 Å². The van der Waals surface area contributed by atoms with E-state index in [0.717, 1.165) is 34.6 Å². The van der Waals surface area contributed by atoms with Crippen molar-refractivity contribution in [2.75, 3.05) is 25.4 Å². The number of ether oxygens (including phenoxy) is 1. The number of carbonyl (C=O) groups is 4. The van der Waals surface area contributed by atoms with Crippen molar-refractivity contribution in [1.82, 2.24) is 14.8 Å². The van der Waals surface area contributed by atoms with E-state index in [-0.39, 0.29) is 30.0 Å². The number of rotatable bonds is 7. The number of hydrogen-bond acceptors (Lipinski definition) is 6. The Morgan fingerprint density at radius 3 is 2.60 bits per heavy atom. The number of carbonyl (C=O) groups excluding carboxylic acids is 4. The Balaban J connectivity index is 1.77. The fraction of sp³-hybridized carbons (Fsp3) is 0.500. The van der Waals surface area contributed by atoms with E-state index >= 15 is 0 Å². The van der Waals surface area contributed by atoms with Crippen LogP contribution in [0.1, 0.15) is 28.7 Å². The van der Waals surface area contributed by atoms with Crippen molar-refractivity contribution in [3.63, 3.8) is 0 Å². The first-order valence-corrected chi connectivity index (χ1v) is 8.91. The molecule has 1 aliphatic rings. The summed E-state index contributed by atoms with van der Waals surface area (Å²) in [5.74, 6) is -1.16. The maximum atomic E-state index is 12.1. The third-order valence-electron chi connectivity index (χ3n) is 3.94. The first-order chi connectivity index (χ1) is 11.8. The minimum Gasteiger partial charge on any atom is -0.452 e. The molecule has 0 aliphatic carbocycles. The largest absolute Gasteiger partial charge is 0.452 e. The highest BCUT2D eigenvalue weighted by atomic mass is 32.2. The zero-order valence-corrected chi connectivity index (χ0v) is 15.3. The monoisotopic (exact) mass is 367 g/mol. The molecule has 9 heteroatoms. The summed E-state index contributed by atoms with van der Waals surface area (Å²) < 4.78 is 7.02. The highest BCUT2D eigenvalue weighted by molar-refractivity contribution is 8.14. The number of imide groups is 1. The quantitative estimate of drug-likeness (QED) is 0.725. The van der Waals surface area contributed by atoms with Gasteiger partial charge in [-0.2, -0.15) is 0 Å². The van der Waals surface area contributed by atoms with Crippen LogP contribution >= 0.6 is 11.8 Å². The lowest BCUT2D eigenvalue weighted by molar-refractivity contribution is -0.126. The predicted molar refractivity (Wildman–Crippen MR) is 92.4 cm³/mol. The number of thioether (sulfide) groups is 1. The predicted octanol–water partition coefficient (Wildman–Crippen LogP) is 1.09. The highest BCUT2D eigenvalue weighted by Gasteiger charge is 2.29. The van der Waals surface area contributed by atoms with Gasteiger partial charge < -0.3 is 14.6 Å². The first kappa shape index (κ1) is 19.0. The molecule has 2 rings (SSSR count). The number of aromatic nitrogens is 1. The van der Waals surface area contributed by atoms with E-state index < -0.39 is 18.5 Å². The van der Waals surface area contributed by atoms with E-state index in [9.17, 15) is 19.2 Å². The third kappa shape index (κ3) is 4.41. The van der Waals surface area contributed by atoms with Gasteiger partial charge in [-0.1, -0.05) is 11.8 Å². The third-order valence-corrected chi connectivity index (χ3v) is 4.80. The fourth-order valence-electron chi connectivity index (χ4n) is 2.66. The first-order valence-electron chi connectivity index (χ1n) is 7.92. The number of amides is 3. The summed E-state index contributed by atoms with van der Waals surface area (Å²) in [6.07, 6.45) is 0. The minimum atomic E-state index is -0.552. The molecule has 0 aromatic carbocycles. The van der Waals surface area contributed by atoms with Gasteiger partial charge in [0.2, 0.25) is 5.91 Å². The van der Waals surface area contributed by atoms with Crippen molar-refractivity contribution < 1.29 is 23.9 Å². The minimum absolute atomic E-state index is 0.113. The second-order valence-corrected chi connectivity index (χ2v) is 6.48. The Labute approximate surface area is 149 Å². The second kappa shape index (κ2) is 8.19. The Hall–Kier alpha value is -2.29. The van der Waals surface area contributed by atoms with Gasteiger partial charge in [-0.3, -0.25) is 19.3 Å². The summed E-state index contributed by atoms with van der Waals surface area (Å²) in [7, 11) is 0. The molecular weight excluding hydrogens is 346 g/mol. The summed E-state index contributed by atoms with van der Waals surface area (Å²) >= 11 is 0.944. The molecule has 8 nitrogen and oxygen atoms in total. The van der Waals surface area contributed by atoms with Crippen molar-refractivity contribution in [3.05, 3.63) is 23.0 Å². The summed E-state index contributed by atoms with van der Waals surface area (Å²) in [5.41, 5.74) is 2.20. The van der Waals surface area contributed by atoms with E-state index in [1.54, 1.807) is 6.07 Å². The Bertz CT molecular complexity index is 697. The van der Waals surface area contributed by atoms with E-state index in [0.29, 0.717) is 5.56 Å². The smallest absolute Gasteiger partial charge is 0.340 e. The van der Waals surface area contributed by atoms with Crippen molar-refractivity contribution in [2.24, 2.45) is 0 Å². The number of nitrogens with zero attached hydrogens (tertiary/aromatic N) is 2. The van der Waals surface area contributed by atoms with E-state index in [1.807, 2.05) is 25.3 Å². The molecule has 1 aromatic rings. The molecule has 1 aliphatic heterocycles. The van der Waals surface area contributed by atoms with Crippen molar-refractivity contribution >= 4 is 34.8 Å². The Kier molecular flexibility index (Phi) is 6.24. The average Bonchev–Trinajstić information content (AvgIpc) is 3.05. The average molecular weight is 367 g/mol. The van der Waals surface area contributed by atoms with Crippen LogP contribution < -0.4 is 5.32 Å². The standard InChI is InChI=1S/C16H21N3O5S/c1-4-18-10(2)7-12(11(18)3)15(22)24-8-13(20)17-5-6-19-14(21)9-25-16(19)23/h7H,4-6,8-9H2,1-3H3,(H,17,20). The molecule has 1 saturated heterocycles. The lowest BCUT2D eigenvalue weighted by Gasteiger charge is -2.13. The highest BCUT2D eigenvalue weighted by Crippen LogP contribution is 2.18. The molecule has 0 spiro atoms. The van der Waals surface area contributed by atoms with Gasteiger partial charge >= 0.3 is 5.97 Å². The van der Waals surface area contributed by atoms with Crippen LogP contribution in [0.15, 0.2) is 6.07 Å². The van der Waals surface area contributed by atoms with E-state index in [4.69, 9.17) is 4.74 Å². The van der Waals surface area contributed by atoms with Crippen molar-refractivity contribution in [2.45, 2.75) is 27.3 Å². The fourth-order valence-corrected chi connectivity index (χ4v) is 3.41. The molecule has 1 aromatic heterocycles. The van der Waals surface area contributed by atoms with Crippen LogP contribution in [0.3, 0.4) is 0 Å². The van der Waals surface area contributed by atoms with Gasteiger partial charge in [0.25, 0.3) is 11.1 Å². The molecule has 136 valence electrons. The van der Waals surface area contributed by atoms with Gasteiger partial charge in [0.15, 0.2) is 6.61 Å². The van der Waals surface area contributed by atoms with Crippen LogP contribution in [0.25, 0.3) is 0 Å². The maximum Gasteiger partial charge on any atom is 0.340 e. The molecule has 3 amide bonds. The van der Waals surface area contributed by atoms with Gasteiger partial charge in [-0.15, -0.1) is 0 Å². The topological polar surface area (TPSA) is 97.7 Å². The van der Waals surface area contributed by atoms with Crippen LogP contribution in [0, 0.1) is 13.8 Å². The SMILES string of the molecule is CCn1c(C)cc(C(=O)OCC(=O)NCCN2C(=O)CSC2=O)c1C. The molecule has 2 heterocycles. The van der Waals surface area contributed by atoms with Gasteiger partial charge in [0.05, 0.1) is 11.3 Å². The molecule has 1 N–H and O–H groups in total. The van der Waals surface area contributed by atoms with Crippen molar-refractivity contribution in [3.8, 4) is 0 Å². The molecule has 0 atom stereocenters. The summed E-state index contributed by atoms with van der Waals surface area (Å²) in [6, 6.07) is 1.74. The van der Waals surface area contributed by atoms with E-state index in [2.05, 4.69) is 5.32 Å².